The number of aliphatic carboxylic acids is 2. The minimum Gasteiger partial charge on any atom is -0.496 e. The van der Waals surface area contributed by atoms with Crippen molar-refractivity contribution in [3.05, 3.63) is 93.0 Å². The molecule has 2 heterocycles. The zero-order valence-corrected chi connectivity index (χ0v) is 29.4. The predicted octanol–water partition coefficient (Wildman–Crippen LogP) is 8.02. The van der Waals surface area contributed by atoms with Gasteiger partial charge in [0.15, 0.2) is 0 Å². The summed E-state index contributed by atoms with van der Waals surface area (Å²) in [5.41, 5.74) is 10.0. The molecule has 0 aromatic heterocycles. The molecule has 2 N–H and O–H groups in total. The number of carboxylic acids is 2. The van der Waals surface area contributed by atoms with Crippen LogP contribution in [0.5, 0.6) is 11.5 Å². The van der Waals surface area contributed by atoms with Gasteiger partial charge in [0.2, 0.25) is 0 Å². The summed E-state index contributed by atoms with van der Waals surface area (Å²) >= 11 is 14.5. The second-order valence-corrected chi connectivity index (χ2v) is 14.7. The summed E-state index contributed by atoms with van der Waals surface area (Å²) in [6, 6.07) is 20.8. The molecule has 2 aliphatic heterocycles. The van der Waals surface area contributed by atoms with Gasteiger partial charge in [0.05, 0.1) is 36.1 Å². The fourth-order valence-electron chi connectivity index (χ4n) is 8.56. The highest BCUT2D eigenvalue weighted by molar-refractivity contribution is 6.39. The van der Waals surface area contributed by atoms with Gasteiger partial charge in [0, 0.05) is 71.6 Å². The molecule has 10 heteroatoms. The highest BCUT2D eigenvalue weighted by Crippen LogP contribution is 2.50. The number of likely N-dealkylation sites (tertiary alicyclic amines) is 2. The Kier molecular flexibility index (Phi) is 8.54. The van der Waals surface area contributed by atoms with Gasteiger partial charge in [0.25, 0.3) is 0 Å². The molecular formula is C40H38Cl2N2O6. The first kappa shape index (κ1) is 33.1. The van der Waals surface area contributed by atoms with Gasteiger partial charge in [-0.3, -0.25) is 19.4 Å². The molecule has 0 bridgehead atoms. The molecule has 2 aliphatic carbocycles. The number of halogens is 2. The summed E-state index contributed by atoms with van der Waals surface area (Å²) in [4.78, 5) is 27.3. The molecule has 4 aromatic carbocycles. The molecule has 2 atom stereocenters. The molecule has 0 amide bonds. The van der Waals surface area contributed by atoms with E-state index in [0.29, 0.717) is 36.2 Å². The van der Waals surface area contributed by atoms with Gasteiger partial charge >= 0.3 is 11.9 Å². The molecule has 0 spiro atoms. The van der Waals surface area contributed by atoms with Crippen LogP contribution < -0.4 is 9.47 Å². The number of benzene rings is 4. The first-order valence-electron chi connectivity index (χ1n) is 17.1. The maximum absolute atomic E-state index is 11.4. The summed E-state index contributed by atoms with van der Waals surface area (Å²) in [5, 5.41) is 20.0. The van der Waals surface area contributed by atoms with Crippen molar-refractivity contribution in [2.75, 3.05) is 40.4 Å². The van der Waals surface area contributed by atoms with Crippen molar-refractivity contribution in [1.82, 2.24) is 9.80 Å². The molecule has 2 unspecified atom stereocenters. The molecule has 0 radical (unpaired) electrons. The standard InChI is InChI=1S/C40H38Cl2N2O6/c1-49-33-15-23(13-21-9-11-31(35(21)33)43-17-25(18-43)39(45)46)27-5-3-7-29(37(27)41)30-8-4-6-28(38(30)42)24-14-22-10-12-32(36(22)34(16-24)50-2)44-19-26(20-44)40(47)48/h3-8,13-16,25-26,31-32H,9-12,17-20H2,1-2H3,(H,45,46)(H,47,48). The molecule has 50 heavy (non-hydrogen) atoms. The lowest BCUT2D eigenvalue weighted by Gasteiger charge is -2.41. The average Bonchev–Trinajstić information content (AvgIpc) is 3.67. The number of carbonyl (C=O) groups is 2. The van der Waals surface area contributed by atoms with Crippen LogP contribution in [0.15, 0.2) is 60.7 Å². The van der Waals surface area contributed by atoms with E-state index in [9.17, 15) is 19.8 Å². The first-order chi connectivity index (χ1) is 24.2. The number of ether oxygens (including phenoxy) is 2. The van der Waals surface area contributed by atoms with E-state index in [4.69, 9.17) is 32.7 Å². The Labute approximate surface area is 301 Å². The van der Waals surface area contributed by atoms with Crippen LogP contribution in [0.2, 0.25) is 10.0 Å². The SMILES string of the molecule is COc1cc(-c2cccc(-c3cccc(-c4cc5c(c(OC)c4)C(N4CC(C(=O)O)C4)CC5)c3Cl)c2Cl)cc2c1C(N1CC(C(=O)O)C1)CC2. The third-order valence-corrected chi connectivity index (χ3v) is 12.1. The second-order valence-electron chi connectivity index (χ2n) is 13.9. The van der Waals surface area contributed by atoms with E-state index in [1.807, 2.05) is 48.5 Å². The lowest BCUT2D eigenvalue weighted by molar-refractivity contribution is -0.149. The molecule has 4 aliphatic rings. The summed E-state index contributed by atoms with van der Waals surface area (Å²) < 4.78 is 11.9. The van der Waals surface area contributed by atoms with Gasteiger partial charge in [-0.2, -0.15) is 0 Å². The lowest BCUT2D eigenvalue weighted by Crippen LogP contribution is -2.51. The zero-order valence-electron chi connectivity index (χ0n) is 27.9. The predicted molar refractivity (Wildman–Crippen MR) is 193 cm³/mol. The van der Waals surface area contributed by atoms with Crippen LogP contribution in [0, 0.1) is 11.8 Å². The summed E-state index contributed by atoms with van der Waals surface area (Å²) in [5.74, 6) is -0.489. The minimum atomic E-state index is -0.733. The molecule has 0 saturated carbocycles. The smallest absolute Gasteiger partial charge is 0.309 e. The second kappa shape index (κ2) is 12.9. The zero-order chi connectivity index (χ0) is 34.8. The fraction of sp³-hybridized carbons (Fsp3) is 0.350. The molecule has 8 rings (SSSR count). The Balaban J connectivity index is 1.11. The van der Waals surface area contributed by atoms with Crippen LogP contribution in [0.3, 0.4) is 0 Å². The van der Waals surface area contributed by atoms with Gasteiger partial charge in [-0.25, -0.2) is 0 Å². The molecule has 258 valence electrons. The van der Waals surface area contributed by atoms with Gasteiger partial charge in [-0.1, -0.05) is 71.7 Å². The Bertz CT molecular complexity index is 1890. The van der Waals surface area contributed by atoms with Crippen molar-refractivity contribution in [2.45, 2.75) is 37.8 Å². The van der Waals surface area contributed by atoms with Crippen LogP contribution in [-0.4, -0.2) is 72.4 Å². The van der Waals surface area contributed by atoms with Crippen molar-refractivity contribution < 1.29 is 29.3 Å². The Hall–Kier alpha value is -4.08. The third kappa shape index (κ3) is 5.44. The summed E-state index contributed by atoms with van der Waals surface area (Å²) in [6.07, 6.45) is 3.62. The van der Waals surface area contributed by atoms with Crippen LogP contribution in [-0.2, 0) is 22.4 Å². The van der Waals surface area contributed by atoms with Gasteiger partial charge in [-0.15, -0.1) is 0 Å². The summed E-state index contributed by atoms with van der Waals surface area (Å²) in [6.45, 7) is 2.24. The van der Waals surface area contributed by atoms with Gasteiger partial charge in [-0.05, 0) is 60.1 Å². The number of methoxy groups -OCH3 is 2. The largest absolute Gasteiger partial charge is 0.496 e. The Morgan fingerprint density at radius 3 is 1.38 bits per heavy atom. The van der Waals surface area contributed by atoms with E-state index >= 15 is 0 Å². The van der Waals surface area contributed by atoms with Crippen molar-refractivity contribution in [3.63, 3.8) is 0 Å². The fourth-order valence-corrected chi connectivity index (χ4v) is 9.24. The topological polar surface area (TPSA) is 99.5 Å². The molecule has 8 nitrogen and oxygen atoms in total. The highest BCUT2D eigenvalue weighted by Gasteiger charge is 2.42. The Morgan fingerprint density at radius 1 is 0.640 bits per heavy atom. The monoisotopic (exact) mass is 712 g/mol. The first-order valence-corrected chi connectivity index (χ1v) is 17.9. The van der Waals surface area contributed by atoms with Gasteiger partial charge < -0.3 is 19.7 Å². The van der Waals surface area contributed by atoms with Crippen molar-refractivity contribution in [3.8, 4) is 44.9 Å². The molecule has 2 fully saturated rings. The number of fused-ring (bicyclic) bond motifs is 2. The normalized spacial score (nSPS) is 20.6. The van der Waals surface area contributed by atoms with Crippen molar-refractivity contribution in [2.24, 2.45) is 11.8 Å². The van der Waals surface area contributed by atoms with E-state index in [1.165, 1.54) is 11.1 Å². The van der Waals surface area contributed by atoms with Crippen LogP contribution in [0.1, 0.15) is 47.2 Å². The van der Waals surface area contributed by atoms with E-state index in [2.05, 4.69) is 21.9 Å². The van der Waals surface area contributed by atoms with E-state index in [1.54, 1.807) is 14.2 Å². The van der Waals surface area contributed by atoms with Crippen LogP contribution in [0.25, 0.3) is 33.4 Å². The van der Waals surface area contributed by atoms with Crippen LogP contribution >= 0.6 is 23.2 Å². The number of aryl methyl sites for hydroxylation is 2. The van der Waals surface area contributed by atoms with Gasteiger partial charge in [0.1, 0.15) is 11.5 Å². The minimum absolute atomic E-state index is 0.150. The number of hydrogen-bond acceptors (Lipinski definition) is 6. The maximum Gasteiger partial charge on any atom is 0.309 e. The van der Waals surface area contributed by atoms with Crippen LogP contribution in [0.4, 0.5) is 0 Å². The molecule has 2 saturated heterocycles. The maximum atomic E-state index is 11.4. The molecule has 4 aromatic rings. The number of hydrogen-bond donors (Lipinski definition) is 2. The molecular weight excluding hydrogens is 675 g/mol. The van der Waals surface area contributed by atoms with E-state index < -0.39 is 11.9 Å². The number of rotatable bonds is 9. The Morgan fingerprint density at radius 2 is 1.02 bits per heavy atom. The van der Waals surface area contributed by atoms with Crippen molar-refractivity contribution in [1.29, 1.82) is 0 Å². The summed E-state index contributed by atoms with van der Waals surface area (Å²) in [7, 11) is 3.37. The number of nitrogens with zero attached hydrogens (tertiary/aromatic N) is 2. The lowest BCUT2D eigenvalue weighted by atomic mass is 9.91. The third-order valence-electron chi connectivity index (χ3n) is 11.2. The quantitative estimate of drug-likeness (QED) is 0.180. The average molecular weight is 714 g/mol. The van der Waals surface area contributed by atoms with Crippen molar-refractivity contribution >= 4 is 35.1 Å². The van der Waals surface area contributed by atoms with E-state index in [0.717, 1.165) is 81.7 Å². The number of carboxylic acid groups (broad SMARTS) is 2. The van der Waals surface area contributed by atoms with E-state index in [-0.39, 0.29) is 23.9 Å². The highest BCUT2D eigenvalue weighted by atomic mass is 35.5.